The van der Waals surface area contributed by atoms with E-state index in [1.807, 2.05) is 30.5 Å². The lowest BCUT2D eigenvalue weighted by molar-refractivity contribution is 0.0579. The minimum atomic E-state index is 0.144. The summed E-state index contributed by atoms with van der Waals surface area (Å²) in [5, 5.41) is 0. The predicted molar refractivity (Wildman–Crippen MR) is 96.6 cm³/mol. The summed E-state index contributed by atoms with van der Waals surface area (Å²) in [6.45, 7) is 3.83. The number of aromatic amines is 1. The SMILES string of the molecule is COc1ccc(CN2C[C@@H]3CC[C@H](C2)N(C(=O)c2ccc[nH]2)C3)cc1. The van der Waals surface area contributed by atoms with E-state index in [1.54, 1.807) is 7.11 Å². The van der Waals surface area contributed by atoms with Gasteiger partial charge < -0.3 is 14.6 Å². The zero-order valence-corrected chi connectivity index (χ0v) is 14.6. The lowest BCUT2D eigenvalue weighted by atomic mass is 9.95. The van der Waals surface area contributed by atoms with Crippen LogP contribution < -0.4 is 4.74 Å². The number of rotatable bonds is 4. The molecular formula is C20H25N3O2. The Labute approximate surface area is 148 Å². The molecule has 2 aromatic rings. The summed E-state index contributed by atoms with van der Waals surface area (Å²) < 4.78 is 5.24. The summed E-state index contributed by atoms with van der Waals surface area (Å²) in [6.07, 6.45) is 4.15. The van der Waals surface area contributed by atoms with E-state index < -0.39 is 0 Å². The first-order chi connectivity index (χ1) is 12.2. The second-order valence-corrected chi connectivity index (χ2v) is 7.18. The summed E-state index contributed by atoms with van der Waals surface area (Å²) >= 11 is 0. The number of amides is 1. The van der Waals surface area contributed by atoms with Crippen molar-refractivity contribution < 1.29 is 9.53 Å². The topological polar surface area (TPSA) is 48.6 Å². The van der Waals surface area contributed by atoms with E-state index in [9.17, 15) is 4.79 Å². The van der Waals surface area contributed by atoms with Crippen molar-refractivity contribution in [3.8, 4) is 5.75 Å². The van der Waals surface area contributed by atoms with E-state index in [2.05, 4.69) is 26.9 Å². The van der Waals surface area contributed by atoms with Crippen molar-refractivity contribution in [1.29, 1.82) is 0 Å². The van der Waals surface area contributed by atoms with Gasteiger partial charge in [0.15, 0.2) is 0 Å². The molecule has 1 aromatic carbocycles. The van der Waals surface area contributed by atoms with E-state index in [1.165, 1.54) is 12.0 Å². The van der Waals surface area contributed by atoms with Gasteiger partial charge in [0.2, 0.25) is 0 Å². The minimum Gasteiger partial charge on any atom is -0.497 e. The van der Waals surface area contributed by atoms with E-state index in [4.69, 9.17) is 4.74 Å². The summed E-state index contributed by atoms with van der Waals surface area (Å²) in [4.78, 5) is 20.5. The van der Waals surface area contributed by atoms with Crippen molar-refractivity contribution in [2.75, 3.05) is 26.7 Å². The molecular weight excluding hydrogens is 314 g/mol. The molecule has 25 heavy (non-hydrogen) atoms. The van der Waals surface area contributed by atoms with Crippen LogP contribution in [0, 0.1) is 5.92 Å². The Kier molecular flexibility index (Phi) is 4.49. The maximum atomic E-state index is 12.8. The van der Waals surface area contributed by atoms with Gasteiger partial charge in [0.05, 0.1) is 7.11 Å². The molecule has 2 bridgehead atoms. The number of aromatic nitrogens is 1. The Balaban J connectivity index is 1.46. The van der Waals surface area contributed by atoms with Crippen molar-refractivity contribution in [1.82, 2.24) is 14.8 Å². The number of piperidine rings is 1. The zero-order chi connectivity index (χ0) is 17.2. The van der Waals surface area contributed by atoms with Crippen molar-refractivity contribution >= 4 is 5.91 Å². The van der Waals surface area contributed by atoms with Gasteiger partial charge in [-0.15, -0.1) is 0 Å². The van der Waals surface area contributed by atoms with Crippen molar-refractivity contribution in [3.05, 3.63) is 53.9 Å². The number of methoxy groups -OCH3 is 1. The first-order valence-corrected chi connectivity index (χ1v) is 9.02. The Bertz CT molecular complexity index is 711. The van der Waals surface area contributed by atoms with E-state index in [-0.39, 0.29) is 5.91 Å². The molecule has 3 aliphatic heterocycles. The third-order valence-corrected chi connectivity index (χ3v) is 5.44. The number of nitrogens with one attached hydrogen (secondary N) is 1. The fraction of sp³-hybridized carbons (Fsp3) is 0.450. The highest BCUT2D eigenvalue weighted by Crippen LogP contribution is 2.30. The lowest BCUT2D eigenvalue weighted by Gasteiger charge is -2.36. The summed E-state index contributed by atoms with van der Waals surface area (Å²) in [5.74, 6) is 1.60. The number of carbonyl (C=O) groups is 1. The molecule has 5 nitrogen and oxygen atoms in total. The Morgan fingerprint density at radius 2 is 2.00 bits per heavy atom. The van der Waals surface area contributed by atoms with Crippen LogP contribution in [0.2, 0.25) is 0 Å². The lowest BCUT2D eigenvalue weighted by Crippen LogP contribution is -2.47. The fourth-order valence-corrected chi connectivity index (χ4v) is 4.16. The maximum Gasteiger partial charge on any atom is 0.270 e. The number of hydrogen-bond acceptors (Lipinski definition) is 3. The van der Waals surface area contributed by atoms with Gasteiger partial charge in [0, 0.05) is 38.4 Å². The van der Waals surface area contributed by atoms with Gasteiger partial charge in [-0.1, -0.05) is 12.1 Å². The normalized spacial score (nSPS) is 23.5. The molecule has 0 spiro atoms. The molecule has 1 aromatic heterocycles. The maximum absolute atomic E-state index is 12.8. The first-order valence-electron chi connectivity index (χ1n) is 9.02. The van der Waals surface area contributed by atoms with Crippen LogP contribution in [0.15, 0.2) is 42.6 Å². The highest BCUT2D eigenvalue weighted by Gasteiger charge is 2.37. The van der Waals surface area contributed by atoms with Gasteiger partial charge >= 0.3 is 0 Å². The Hall–Kier alpha value is -2.27. The third kappa shape index (κ3) is 3.42. The van der Waals surface area contributed by atoms with E-state index in [0.717, 1.165) is 38.3 Å². The highest BCUT2D eigenvalue weighted by molar-refractivity contribution is 5.92. The number of nitrogens with zero attached hydrogens (tertiary/aromatic N) is 2. The quantitative estimate of drug-likeness (QED) is 0.932. The highest BCUT2D eigenvalue weighted by atomic mass is 16.5. The van der Waals surface area contributed by atoms with Crippen LogP contribution in [0.4, 0.5) is 0 Å². The molecule has 5 rings (SSSR count). The molecule has 2 atom stereocenters. The van der Waals surface area contributed by atoms with Crippen LogP contribution in [0.1, 0.15) is 28.9 Å². The van der Waals surface area contributed by atoms with Crippen LogP contribution in [0.3, 0.4) is 0 Å². The number of H-pyrrole nitrogens is 1. The monoisotopic (exact) mass is 339 g/mol. The van der Waals surface area contributed by atoms with E-state index >= 15 is 0 Å². The molecule has 0 aliphatic carbocycles. The standard InChI is InChI=1S/C20H25N3O2/c1-25-18-8-5-15(6-9-18)11-22-12-16-4-7-17(14-22)23(13-16)20(24)19-3-2-10-21-19/h2-3,5-6,8-10,16-17,21H,4,7,11-14H2,1H3/t16-,17+/m0/s1. The van der Waals surface area contributed by atoms with Crippen LogP contribution in [0.5, 0.6) is 5.75 Å². The smallest absolute Gasteiger partial charge is 0.270 e. The van der Waals surface area contributed by atoms with Crippen LogP contribution >= 0.6 is 0 Å². The zero-order valence-electron chi connectivity index (χ0n) is 14.6. The average Bonchev–Trinajstić information content (AvgIpc) is 3.04. The molecule has 3 fully saturated rings. The molecule has 0 unspecified atom stereocenters. The van der Waals surface area contributed by atoms with E-state index in [0.29, 0.717) is 17.7 Å². The molecule has 0 saturated carbocycles. The molecule has 5 heteroatoms. The van der Waals surface area contributed by atoms with Crippen molar-refractivity contribution in [2.24, 2.45) is 5.92 Å². The third-order valence-electron chi connectivity index (χ3n) is 5.44. The molecule has 4 heterocycles. The summed E-state index contributed by atoms with van der Waals surface area (Å²) in [5.41, 5.74) is 2.00. The van der Waals surface area contributed by atoms with Crippen LogP contribution in [-0.2, 0) is 6.54 Å². The first kappa shape index (κ1) is 16.2. The number of fused-ring (bicyclic) bond motifs is 4. The molecule has 3 saturated heterocycles. The molecule has 1 N–H and O–H groups in total. The fourth-order valence-electron chi connectivity index (χ4n) is 4.16. The summed E-state index contributed by atoms with van der Waals surface area (Å²) in [7, 11) is 1.69. The Morgan fingerprint density at radius 1 is 1.16 bits per heavy atom. The predicted octanol–water partition coefficient (Wildman–Crippen LogP) is 2.76. The van der Waals surface area contributed by atoms with Gasteiger partial charge in [-0.2, -0.15) is 0 Å². The summed E-state index contributed by atoms with van der Waals surface area (Å²) in [6, 6.07) is 12.4. The van der Waals surface area contributed by atoms with Gasteiger partial charge in [0.1, 0.15) is 11.4 Å². The second-order valence-electron chi connectivity index (χ2n) is 7.18. The van der Waals surface area contributed by atoms with Crippen molar-refractivity contribution in [2.45, 2.75) is 25.4 Å². The number of carbonyl (C=O) groups excluding carboxylic acids is 1. The van der Waals surface area contributed by atoms with Gasteiger partial charge in [-0.25, -0.2) is 0 Å². The van der Waals surface area contributed by atoms with Gasteiger partial charge in [0.25, 0.3) is 5.91 Å². The molecule has 1 amide bonds. The minimum absolute atomic E-state index is 0.144. The average molecular weight is 339 g/mol. The molecule has 3 aliphatic rings. The number of benzene rings is 1. The van der Waals surface area contributed by atoms with Gasteiger partial charge in [-0.05, 0) is 48.6 Å². The number of hydrogen-bond donors (Lipinski definition) is 1. The van der Waals surface area contributed by atoms with Crippen LogP contribution in [0.25, 0.3) is 0 Å². The number of ether oxygens (including phenoxy) is 1. The molecule has 132 valence electrons. The Morgan fingerprint density at radius 3 is 2.72 bits per heavy atom. The van der Waals surface area contributed by atoms with Crippen LogP contribution in [-0.4, -0.2) is 53.5 Å². The van der Waals surface area contributed by atoms with Gasteiger partial charge in [-0.3, -0.25) is 9.69 Å². The van der Waals surface area contributed by atoms with Crippen molar-refractivity contribution in [3.63, 3.8) is 0 Å². The second kappa shape index (κ2) is 6.92. The largest absolute Gasteiger partial charge is 0.497 e. The molecule has 0 radical (unpaired) electrons.